The van der Waals surface area contributed by atoms with Crippen LogP contribution in [0.1, 0.15) is 44.2 Å². The number of amides is 2. The molecule has 2 aliphatic rings. The highest BCUT2D eigenvalue weighted by molar-refractivity contribution is 6.31. The van der Waals surface area contributed by atoms with Crippen molar-refractivity contribution in [1.29, 1.82) is 0 Å². The van der Waals surface area contributed by atoms with Gasteiger partial charge in [0.05, 0.1) is 23.8 Å². The van der Waals surface area contributed by atoms with E-state index in [0.717, 1.165) is 0 Å². The molecule has 2 aromatic carbocycles. The van der Waals surface area contributed by atoms with Gasteiger partial charge in [0.15, 0.2) is 0 Å². The predicted molar refractivity (Wildman–Crippen MR) is 137 cm³/mol. The highest BCUT2D eigenvalue weighted by atomic mass is 35.5. The van der Waals surface area contributed by atoms with Crippen LogP contribution in [0.4, 0.5) is 10.1 Å². The fraction of sp³-hybridized carbons (Fsp3) is 0.462. The summed E-state index contributed by atoms with van der Waals surface area (Å²) < 4.78 is 14.9. The predicted octanol–water partition coefficient (Wildman–Crippen LogP) is 3.35. The number of aliphatic hydroxyl groups excluding tert-OH is 2. The third-order valence-electron chi connectivity index (χ3n) is 6.91. The molecule has 0 radical (unpaired) electrons. The molecule has 1 fully saturated rings. The Bertz CT molecular complexity index is 1190. The third-order valence-corrected chi connectivity index (χ3v) is 7.44. The maximum Gasteiger partial charge on any atom is 0.237 e. The van der Waals surface area contributed by atoms with Crippen LogP contribution >= 0.6 is 23.2 Å². The largest absolute Gasteiger partial charge is 0.394 e. The van der Waals surface area contributed by atoms with Crippen LogP contribution in [0, 0.1) is 11.2 Å². The number of anilines is 1. The number of carbonyl (C=O) groups is 2. The second kappa shape index (κ2) is 9.91. The van der Waals surface area contributed by atoms with Gasteiger partial charge in [-0.3, -0.25) is 9.59 Å². The van der Waals surface area contributed by atoms with Gasteiger partial charge in [-0.05, 0) is 47.2 Å². The molecule has 7 nitrogen and oxygen atoms in total. The lowest BCUT2D eigenvalue weighted by Gasteiger charge is -2.37. The fourth-order valence-electron chi connectivity index (χ4n) is 5.53. The van der Waals surface area contributed by atoms with E-state index in [9.17, 15) is 24.2 Å². The number of hydrogen-bond donors (Lipinski definition) is 5. The quantitative estimate of drug-likeness (QED) is 0.388. The number of halogens is 3. The van der Waals surface area contributed by atoms with E-state index in [4.69, 9.17) is 23.2 Å². The van der Waals surface area contributed by atoms with Gasteiger partial charge in [-0.1, -0.05) is 56.1 Å². The Balaban J connectivity index is 1.94. The fourth-order valence-corrected chi connectivity index (χ4v) is 5.89. The molecule has 4 rings (SSSR count). The van der Waals surface area contributed by atoms with Gasteiger partial charge < -0.3 is 26.2 Å². The van der Waals surface area contributed by atoms with Gasteiger partial charge >= 0.3 is 0 Å². The molecule has 0 aromatic heterocycles. The third kappa shape index (κ3) is 4.73. The Labute approximate surface area is 219 Å². The molecule has 5 atom stereocenters. The summed E-state index contributed by atoms with van der Waals surface area (Å²) in [5, 5.41) is 28.2. The number of aliphatic hydroxyl groups is 2. The summed E-state index contributed by atoms with van der Waals surface area (Å²) in [4.78, 5) is 27.5. The number of carbonyl (C=O) groups excluding carboxylic acids is 2. The molecular formula is C26H30Cl2FN3O4. The lowest BCUT2D eigenvalue weighted by atomic mass is 9.62. The summed E-state index contributed by atoms with van der Waals surface area (Å²) in [5.41, 5.74) is -0.151. The smallest absolute Gasteiger partial charge is 0.237 e. The summed E-state index contributed by atoms with van der Waals surface area (Å²) in [5.74, 6) is -2.25. The van der Waals surface area contributed by atoms with Crippen molar-refractivity contribution in [2.24, 2.45) is 5.41 Å². The molecular weight excluding hydrogens is 508 g/mol. The Morgan fingerprint density at radius 2 is 1.97 bits per heavy atom. The summed E-state index contributed by atoms with van der Waals surface area (Å²) in [6, 6.07) is 8.13. The minimum absolute atomic E-state index is 0.115. The van der Waals surface area contributed by atoms with Crippen LogP contribution in [0.5, 0.6) is 0 Å². The summed E-state index contributed by atoms with van der Waals surface area (Å²) in [6.07, 6.45) is -0.643. The van der Waals surface area contributed by atoms with Crippen molar-refractivity contribution in [3.8, 4) is 0 Å². The van der Waals surface area contributed by atoms with Crippen molar-refractivity contribution in [1.82, 2.24) is 10.6 Å². The van der Waals surface area contributed by atoms with E-state index in [0.29, 0.717) is 28.3 Å². The molecule has 2 heterocycles. The number of rotatable bonds is 6. The van der Waals surface area contributed by atoms with Crippen molar-refractivity contribution < 1.29 is 24.2 Å². The Hall–Kier alpha value is -2.23. The van der Waals surface area contributed by atoms with Gasteiger partial charge in [0, 0.05) is 29.2 Å². The van der Waals surface area contributed by atoms with Crippen molar-refractivity contribution in [3.63, 3.8) is 0 Å². The zero-order valence-electron chi connectivity index (χ0n) is 20.2. The highest BCUT2D eigenvalue weighted by Gasteiger charge is 2.65. The standard InChI is InChI=1S/C26H30Cl2FN3O4/c1-25(2,3)10-20-26(16-8-18(29)17(28)9-19(16)31-24(26)36)21(13-5-4-6-14(27)7-13)22(32-20)23(35)30-11-15(34)12-33/h4-9,15,20-22,32-34H,10-12H2,1-3H3,(H,30,35)(H,31,36). The molecule has 2 aromatic rings. The van der Waals surface area contributed by atoms with E-state index >= 15 is 0 Å². The number of nitrogens with one attached hydrogen (secondary N) is 3. The molecule has 2 aliphatic heterocycles. The van der Waals surface area contributed by atoms with Crippen molar-refractivity contribution in [2.45, 2.75) is 56.7 Å². The normalized spacial score (nSPS) is 26.1. The van der Waals surface area contributed by atoms with E-state index in [2.05, 4.69) is 16.0 Å². The van der Waals surface area contributed by atoms with E-state index in [1.54, 1.807) is 24.3 Å². The maximum absolute atomic E-state index is 14.9. The van der Waals surface area contributed by atoms with Gasteiger partial charge in [0.2, 0.25) is 11.8 Å². The lowest BCUT2D eigenvalue weighted by Crippen LogP contribution is -2.49. The second-order valence-electron chi connectivity index (χ2n) is 10.7. The van der Waals surface area contributed by atoms with Gasteiger partial charge in [-0.15, -0.1) is 0 Å². The Kier molecular flexibility index (Phi) is 7.38. The maximum atomic E-state index is 14.9. The van der Waals surface area contributed by atoms with E-state index in [1.807, 2.05) is 20.8 Å². The molecule has 1 spiro atoms. The Morgan fingerprint density at radius 3 is 2.61 bits per heavy atom. The van der Waals surface area contributed by atoms with Crippen LogP contribution in [0.25, 0.3) is 0 Å². The summed E-state index contributed by atoms with van der Waals surface area (Å²) >= 11 is 12.4. The first-order chi connectivity index (χ1) is 16.9. The minimum Gasteiger partial charge on any atom is -0.394 e. The molecule has 36 heavy (non-hydrogen) atoms. The number of benzene rings is 2. The molecule has 1 saturated heterocycles. The summed E-state index contributed by atoms with van der Waals surface area (Å²) in [7, 11) is 0. The van der Waals surface area contributed by atoms with Crippen LogP contribution in [0.15, 0.2) is 36.4 Å². The molecule has 194 valence electrons. The molecule has 2 amide bonds. The van der Waals surface area contributed by atoms with Crippen molar-refractivity contribution in [2.75, 3.05) is 18.5 Å². The van der Waals surface area contributed by atoms with Gasteiger partial charge in [0.1, 0.15) is 11.2 Å². The van der Waals surface area contributed by atoms with E-state index in [1.165, 1.54) is 12.1 Å². The average Bonchev–Trinajstić information content (AvgIpc) is 3.26. The van der Waals surface area contributed by atoms with E-state index in [-0.39, 0.29) is 22.9 Å². The average molecular weight is 538 g/mol. The zero-order valence-corrected chi connectivity index (χ0v) is 21.8. The first-order valence-corrected chi connectivity index (χ1v) is 12.5. The van der Waals surface area contributed by atoms with Crippen molar-refractivity contribution in [3.05, 3.63) is 63.4 Å². The lowest BCUT2D eigenvalue weighted by molar-refractivity contribution is -0.124. The first kappa shape index (κ1) is 26.8. The van der Waals surface area contributed by atoms with E-state index < -0.39 is 47.9 Å². The molecule has 0 aliphatic carbocycles. The minimum atomic E-state index is -1.35. The molecule has 5 unspecified atom stereocenters. The monoisotopic (exact) mass is 537 g/mol. The second-order valence-corrected chi connectivity index (χ2v) is 11.6. The topological polar surface area (TPSA) is 111 Å². The van der Waals surface area contributed by atoms with Crippen LogP contribution in [0.2, 0.25) is 10.0 Å². The SMILES string of the molecule is CC(C)(C)CC1NC(C(=O)NCC(O)CO)C(c2cccc(Cl)c2)C12C(=O)Nc1cc(Cl)c(F)cc12. The van der Waals surface area contributed by atoms with Gasteiger partial charge in [0.25, 0.3) is 0 Å². The highest BCUT2D eigenvalue weighted by Crippen LogP contribution is 2.57. The molecule has 10 heteroatoms. The zero-order chi connectivity index (χ0) is 26.4. The molecule has 5 N–H and O–H groups in total. The Morgan fingerprint density at radius 1 is 1.25 bits per heavy atom. The number of fused-ring (bicyclic) bond motifs is 2. The summed E-state index contributed by atoms with van der Waals surface area (Å²) in [6.45, 7) is 5.40. The van der Waals surface area contributed by atoms with Crippen LogP contribution in [-0.2, 0) is 15.0 Å². The first-order valence-electron chi connectivity index (χ1n) is 11.8. The van der Waals surface area contributed by atoms with Crippen LogP contribution in [-0.4, -0.2) is 53.4 Å². The van der Waals surface area contributed by atoms with Gasteiger partial charge in [-0.25, -0.2) is 4.39 Å². The van der Waals surface area contributed by atoms with Crippen molar-refractivity contribution >= 4 is 40.7 Å². The van der Waals surface area contributed by atoms with Crippen LogP contribution in [0.3, 0.4) is 0 Å². The molecule has 0 bridgehead atoms. The number of hydrogen-bond acceptors (Lipinski definition) is 5. The van der Waals surface area contributed by atoms with Crippen LogP contribution < -0.4 is 16.0 Å². The van der Waals surface area contributed by atoms with Gasteiger partial charge in [-0.2, -0.15) is 0 Å². The molecule has 0 saturated carbocycles.